The molecule has 0 aliphatic rings. The second-order valence-corrected chi connectivity index (χ2v) is 17.7. The van der Waals surface area contributed by atoms with Crippen LogP contribution < -0.4 is 0 Å². The molecule has 0 aliphatic heterocycles. The zero-order valence-corrected chi connectivity index (χ0v) is 31.9. The van der Waals surface area contributed by atoms with E-state index < -0.39 is 0 Å². The minimum atomic E-state index is 0.552. The molecule has 0 saturated carbocycles. The van der Waals surface area contributed by atoms with Crippen molar-refractivity contribution in [1.29, 1.82) is 0 Å². The summed E-state index contributed by atoms with van der Waals surface area (Å²) in [5, 5.41) is 0. The Morgan fingerprint density at radius 3 is 0.700 bits per heavy atom. The van der Waals surface area contributed by atoms with Gasteiger partial charge >= 0.3 is 0 Å². The van der Waals surface area contributed by atoms with Gasteiger partial charge in [-0.25, -0.2) is 0 Å². The van der Waals surface area contributed by atoms with E-state index in [0.29, 0.717) is 11.8 Å². The third kappa shape index (κ3) is 6.86. The van der Waals surface area contributed by atoms with Crippen molar-refractivity contribution in [3.05, 3.63) is 157 Å². The molecule has 4 heteroatoms. The van der Waals surface area contributed by atoms with Gasteiger partial charge in [-0.1, -0.05) is 125 Å². The van der Waals surface area contributed by atoms with Crippen LogP contribution in [0.25, 0.3) is 72.4 Å². The van der Waals surface area contributed by atoms with Crippen LogP contribution in [0.15, 0.2) is 146 Å². The van der Waals surface area contributed by atoms with Crippen molar-refractivity contribution in [2.45, 2.75) is 39.5 Å². The van der Waals surface area contributed by atoms with Crippen molar-refractivity contribution < 1.29 is 0 Å². The van der Waals surface area contributed by atoms with E-state index in [4.69, 9.17) is 0 Å². The Bertz CT molecular complexity index is 2170. The number of hydrogen-bond acceptors (Lipinski definition) is 4. The summed E-state index contributed by atoms with van der Waals surface area (Å²) in [6.07, 6.45) is 0. The van der Waals surface area contributed by atoms with E-state index in [9.17, 15) is 0 Å². The molecule has 4 heterocycles. The van der Waals surface area contributed by atoms with Crippen molar-refractivity contribution in [1.82, 2.24) is 0 Å². The van der Waals surface area contributed by atoms with Gasteiger partial charge in [-0.15, -0.1) is 45.3 Å². The zero-order valence-electron chi connectivity index (χ0n) is 28.6. The molecule has 0 atom stereocenters. The number of thiophene rings is 4. The van der Waals surface area contributed by atoms with Crippen molar-refractivity contribution in [3.8, 4) is 72.4 Å². The Morgan fingerprint density at radius 1 is 0.240 bits per heavy atom. The molecule has 4 aromatic carbocycles. The molecule has 0 nitrogen and oxygen atoms in total. The number of hydrogen-bond donors (Lipinski definition) is 0. The zero-order chi connectivity index (χ0) is 34.2. The molecule has 4 aromatic heterocycles. The second kappa shape index (κ2) is 14.1. The lowest BCUT2D eigenvalue weighted by Gasteiger charge is -2.07. The highest BCUT2D eigenvalue weighted by Gasteiger charge is 2.13. The van der Waals surface area contributed by atoms with Gasteiger partial charge in [-0.3, -0.25) is 0 Å². The van der Waals surface area contributed by atoms with Gasteiger partial charge in [0.05, 0.1) is 0 Å². The Hall–Kier alpha value is -4.32. The summed E-state index contributed by atoms with van der Waals surface area (Å²) in [7, 11) is 0. The predicted molar refractivity (Wildman–Crippen MR) is 224 cm³/mol. The minimum Gasteiger partial charge on any atom is -0.134 e. The standard InChI is InChI=1S/C46H38S4/c1-29(2)31-5-9-33(10-6-31)35-13-17-37(18-14-35)39-21-23-41(47-39)43-25-27-45(49-43)46-28-26-44(50-46)42-24-22-40(48-42)38-19-15-36(16-20-38)34-11-7-32(8-12-34)30(3)4/h5-30H,1-4H3. The molecule has 0 aliphatic carbocycles. The van der Waals surface area contributed by atoms with Crippen LogP contribution in [0.2, 0.25) is 0 Å². The van der Waals surface area contributed by atoms with Crippen molar-refractivity contribution in [3.63, 3.8) is 0 Å². The number of rotatable bonds is 9. The lowest BCUT2D eigenvalue weighted by Crippen LogP contribution is -1.86. The van der Waals surface area contributed by atoms with Gasteiger partial charge in [0.15, 0.2) is 0 Å². The fourth-order valence-corrected chi connectivity index (χ4v) is 10.5. The largest absolute Gasteiger partial charge is 0.134 e. The van der Waals surface area contributed by atoms with Crippen molar-refractivity contribution in [2.75, 3.05) is 0 Å². The van der Waals surface area contributed by atoms with E-state index in [0.717, 1.165) is 0 Å². The maximum Gasteiger partial charge on any atom is 0.0449 e. The lowest BCUT2D eigenvalue weighted by molar-refractivity contribution is 0.867. The first kappa shape index (κ1) is 32.9. The molecule has 0 bridgehead atoms. The van der Waals surface area contributed by atoms with Crippen LogP contribution in [0.4, 0.5) is 0 Å². The van der Waals surface area contributed by atoms with Gasteiger partial charge < -0.3 is 0 Å². The van der Waals surface area contributed by atoms with Crippen molar-refractivity contribution >= 4 is 45.3 Å². The first-order chi connectivity index (χ1) is 24.4. The fraction of sp³-hybridized carbons (Fsp3) is 0.130. The molecule has 246 valence electrons. The molecule has 0 saturated heterocycles. The maximum atomic E-state index is 2.28. The van der Waals surface area contributed by atoms with Crippen LogP contribution in [-0.4, -0.2) is 0 Å². The molecule has 0 spiro atoms. The normalized spacial score (nSPS) is 11.6. The summed E-state index contributed by atoms with van der Waals surface area (Å²) in [6, 6.07) is 54.2. The summed E-state index contributed by atoms with van der Waals surface area (Å²) < 4.78 is 0. The molecule has 8 aromatic rings. The third-order valence-electron chi connectivity index (χ3n) is 9.31. The Balaban J connectivity index is 0.937. The Kier molecular flexibility index (Phi) is 9.28. The van der Waals surface area contributed by atoms with Crippen LogP contribution in [0.5, 0.6) is 0 Å². The average Bonchev–Trinajstić information content (AvgIpc) is 3.99. The predicted octanol–water partition coefficient (Wildman–Crippen LogP) is 15.8. The molecule has 8 rings (SSSR count). The quantitative estimate of drug-likeness (QED) is 0.139. The highest BCUT2D eigenvalue weighted by Crippen LogP contribution is 2.45. The van der Waals surface area contributed by atoms with Gasteiger partial charge in [0.2, 0.25) is 0 Å². The van der Waals surface area contributed by atoms with E-state index in [-0.39, 0.29) is 0 Å². The SMILES string of the molecule is CC(C)c1ccc(-c2ccc(-c3ccc(-c4ccc(-c5ccc(-c6ccc(-c7ccc(-c8ccc(C(C)C)cc8)cc7)s6)s5)s4)s3)cc2)cc1. The summed E-state index contributed by atoms with van der Waals surface area (Å²) in [5.41, 5.74) is 10.4. The van der Waals surface area contributed by atoms with Gasteiger partial charge in [0.25, 0.3) is 0 Å². The monoisotopic (exact) mass is 718 g/mol. The van der Waals surface area contributed by atoms with Crippen LogP contribution in [0.1, 0.15) is 50.7 Å². The topological polar surface area (TPSA) is 0 Å². The summed E-state index contributed by atoms with van der Waals surface area (Å²) >= 11 is 7.52. The first-order valence-corrected chi connectivity index (χ1v) is 20.5. The van der Waals surface area contributed by atoms with E-state index >= 15 is 0 Å². The third-order valence-corrected chi connectivity index (χ3v) is 14.3. The van der Waals surface area contributed by atoms with Gasteiger partial charge in [0.1, 0.15) is 0 Å². The van der Waals surface area contributed by atoms with Crippen LogP contribution in [0, 0.1) is 0 Å². The van der Waals surface area contributed by atoms with E-state index in [1.165, 1.54) is 83.5 Å². The Labute approximate surface area is 312 Å². The second-order valence-electron chi connectivity index (χ2n) is 13.4. The molecule has 0 radical (unpaired) electrons. The summed E-state index contributed by atoms with van der Waals surface area (Å²) in [6.45, 7) is 8.96. The first-order valence-electron chi connectivity index (χ1n) is 17.2. The molecule has 0 N–H and O–H groups in total. The molecular formula is C46H38S4. The average molecular weight is 719 g/mol. The van der Waals surface area contributed by atoms with Crippen LogP contribution in [-0.2, 0) is 0 Å². The Morgan fingerprint density at radius 2 is 0.440 bits per heavy atom. The van der Waals surface area contributed by atoms with Gasteiger partial charge in [0, 0.05) is 39.0 Å². The molecule has 0 fully saturated rings. The summed E-state index contributed by atoms with van der Waals surface area (Å²) in [4.78, 5) is 10.6. The highest BCUT2D eigenvalue weighted by molar-refractivity contribution is 7.29. The van der Waals surface area contributed by atoms with Crippen LogP contribution in [0.3, 0.4) is 0 Å². The van der Waals surface area contributed by atoms with E-state index in [2.05, 4.69) is 173 Å². The lowest BCUT2D eigenvalue weighted by atomic mass is 9.98. The molecule has 0 unspecified atom stereocenters. The van der Waals surface area contributed by atoms with E-state index in [1.807, 2.05) is 45.3 Å². The van der Waals surface area contributed by atoms with E-state index in [1.54, 1.807) is 0 Å². The maximum absolute atomic E-state index is 2.28. The number of benzene rings is 4. The molecular weight excluding hydrogens is 681 g/mol. The highest BCUT2D eigenvalue weighted by atomic mass is 32.1. The van der Waals surface area contributed by atoms with Gasteiger partial charge in [-0.05, 0) is 105 Å². The fourth-order valence-electron chi connectivity index (χ4n) is 6.23. The smallest absolute Gasteiger partial charge is 0.0449 e. The van der Waals surface area contributed by atoms with Crippen LogP contribution >= 0.6 is 45.3 Å². The van der Waals surface area contributed by atoms with Crippen molar-refractivity contribution in [2.24, 2.45) is 0 Å². The van der Waals surface area contributed by atoms with Gasteiger partial charge in [-0.2, -0.15) is 0 Å². The minimum absolute atomic E-state index is 0.552. The summed E-state index contributed by atoms with van der Waals surface area (Å²) in [5.74, 6) is 1.10. The molecule has 0 amide bonds. The molecule has 50 heavy (non-hydrogen) atoms.